The van der Waals surface area contributed by atoms with Crippen LogP contribution < -0.4 is 5.43 Å². The van der Waals surface area contributed by atoms with Crippen LogP contribution in [0.5, 0.6) is 0 Å². The first kappa shape index (κ1) is 16.0. The monoisotopic (exact) mass is 345 g/mol. The number of carboxylic acids is 1. The largest absolute Gasteiger partial charge is 0.478 e. The van der Waals surface area contributed by atoms with E-state index in [0.717, 1.165) is 12.0 Å². The number of hydrogen-bond acceptors (Lipinski definition) is 4. The smallest absolute Gasteiger partial charge is 0.338 e. The number of carbonyl (C=O) groups is 1. The van der Waals surface area contributed by atoms with E-state index < -0.39 is 5.97 Å². The van der Waals surface area contributed by atoms with Gasteiger partial charge in [-0.3, -0.25) is 4.79 Å². The standard InChI is InChI=1S/C21H15NO4/c1-2-12-8-9-16-14(10-12)20(23)19-17(26-16)11-15(21(24)25)18(22-19)13-6-4-3-5-7-13/h3-11H,2H2,1H3,(H,24,25). The minimum atomic E-state index is -1.12. The molecule has 0 spiro atoms. The lowest BCUT2D eigenvalue weighted by molar-refractivity contribution is 0.0697. The molecular formula is C21H15NO4. The summed E-state index contributed by atoms with van der Waals surface area (Å²) < 4.78 is 5.78. The average molecular weight is 345 g/mol. The fourth-order valence-electron chi connectivity index (χ4n) is 3.02. The van der Waals surface area contributed by atoms with E-state index in [1.54, 1.807) is 36.4 Å². The van der Waals surface area contributed by atoms with Crippen LogP contribution in [0.15, 0.2) is 63.8 Å². The van der Waals surface area contributed by atoms with Gasteiger partial charge in [0.1, 0.15) is 5.58 Å². The van der Waals surface area contributed by atoms with Gasteiger partial charge in [0.2, 0.25) is 5.43 Å². The SMILES string of the molecule is CCc1ccc2oc3cc(C(=O)O)c(-c4ccccc4)nc3c(=O)c2c1. The van der Waals surface area contributed by atoms with Crippen molar-refractivity contribution in [2.45, 2.75) is 13.3 Å². The second kappa shape index (κ2) is 6.11. The van der Waals surface area contributed by atoms with Crippen molar-refractivity contribution in [1.82, 2.24) is 4.98 Å². The summed E-state index contributed by atoms with van der Waals surface area (Å²) in [6.45, 7) is 2.01. The Kier molecular flexibility index (Phi) is 3.77. The number of aromatic carboxylic acids is 1. The van der Waals surface area contributed by atoms with Crippen LogP contribution in [0, 0.1) is 0 Å². The van der Waals surface area contributed by atoms with Crippen molar-refractivity contribution in [3.05, 3.63) is 75.9 Å². The summed E-state index contributed by atoms with van der Waals surface area (Å²) in [6, 6.07) is 15.8. The Labute approximate surface area is 148 Å². The van der Waals surface area contributed by atoms with Gasteiger partial charge in [0.25, 0.3) is 0 Å². The van der Waals surface area contributed by atoms with Crippen molar-refractivity contribution in [3.8, 4) is 11.3 Å². The summed E-state index contributed by atoms with van der Waals surface area (Å²) in [5.41, 5.74) is 2.37. The average Bonchev–Trinajstić information content (AvgIpc) is 2.67. The first-order valence-corrected chi connectivity index (χ1v) is 8.27. The van der Waals surface area contributed by atoms with Crippen LogP contribution in [0.3, 0.4) is 0 Å². The second-order valence-corrected chi connectivity index (χ2v) is 6.02. The summed E-state index contributed by atoms with van der Waals surface area (Å²) in [7, 11) is 0. The van der Waals surface area contributed by atoms with Gasteiger partial charge in [-0.25, -0.2) is 9.78 Å². The Bertz CT molecular complexity index is 1210. The molecule has 2 aromatic heterocycles. The van der Waals surface area contributed by atoms with E-state index in [0.29, 0.717) is 16.5 Å². The molecule has 0 amide bonds. The number of rotatable bonds is 3. The molecular weight excluding hydrogens is 330 g/mol. The number of nitrogens with zero attached hydrogens (tertiary/aromatic N) is 1. The molecule has 1 N–H and O–H groups in total. The van der Waals surface area contributed by atoms with Gasteiger partial charge < -0.3 is 9.52 Å². The molecule has 0 unspecified atom stereocenters. The first-order valence-electron chi connectivity index (χ1n) is 8.27. The Morgan fingerprint density at radius 1 is 1.08 bits per heavy atom. The minimum absolute atomic E-state index is 0.00335. The van der Waals surface area contributed by atoms with Gasteiger partial charge in [-0.05, 0) is 30.2 Å². The van der Waals surface area contributed by atoms with E-state index >= 15 is 0 Å². The predicted molar refractivity (Wildman–Crippen MR) is 99.6 cm³/mol. The molecule has 0 aliphatic heterocycles. The molecule has 4 rings (SSSR count). The van der Waals surface area contributed by atoms with Gasteiger partial charge in [0.15, 0.2) is 11.1 Å². The number of carboxylic acid groups (broad SMARTS) is 1. The maximum absolute atomic E-state index is 13.0. The topological polar surface area (TPSA) is 80.4 Å². The van der Waals surface area contributed by atoms with Gasteiger partial charge in [-0.2, -0.15) is 0 Å². The zero-order chi connectivity index (χ0) is 18.3. The van der Waals surface area contributed by atoms with E-state index in [4.69, 9.17) is 4.42 Å². The van der Waals surface area contributed by atoms with Gasteiger partial charge in [0, 0.05) is 5.56 Å². The fraction of sp³-hybridized carbons (Fsp3) is 0.0952. The van der Waals surface area contributed by atoms with Crippen molar-refractivity contribution in [2.24, 2.45) is 0 Å². The Balaban J connectivity index is 2.11. The third-order valence-electron chi connectivity index (χ3n) is 4.40. The summed E-state index contributed by atoms with van der Waals surface area (Å²) in [5.74, 6) is -1.12. The molecule has 26 heavy (non-hydrogen) atoms. The van der Waals surface area contributed by atoms with Crippen LogP contribution in [-0.2, 0) is 6.42 Å². The first-order chi connectivity index (χ1) is 12.6. The molecule has 5 heteroatoms. The van der Waals surface area contributed by atoms with Crippen LogP contribution in [0.2, 0.25) is 0 Å². The maximum Gasteiger partial charge on any atom is 0.338 e. The number of benzene rings is 2. The second-order valence-electron chi connectivity index (χ2n) is 6.02. The zero-order valence-corrected chi connectivity index (χ0v) is 14.0. The Morgan fingerprint density at radius 3 is 2.54 bits per heavy atom. The number of hydrogen-bond donors (Lipinski definition) is 1. The van der Waals surface area contributed by atoms with E-state index in [1.807, 2.05) is 19.1 Å². The molecule has 5 nitrogen and oxygen atoms in total. The number of pyridine rings is 1. The van der Waals surface area contributed by atoms with Gasteiger partial charge >= 0.3 is 5.97 Å². The molecule has 2 heterocycles. The van der Waals surface area contributed by atoms with E-state index in [2.05, 4.69) is 4.98 Å². The van der Waals surface area contributed by atoms with Gasteiger partial charge in [0.05, 0.1) is 16.6 Å². The summed E-state index contributed by atoms with van der Waals surface area (Å²) in [5, 5.41) is 10.0. The molecule has 0 radical (unpaired) electrons. The highest BCUT2D eigenvalue weighted by Gasteiger charge is 2.18. The highest BCUT2D eigenvalue weighted by Crippen LogP contribution is 2.27. The zero-order valence-electron chi connectivity index (χ0n) is 14.0. The highest BCUT2D eigenvalue weighted by molar-refractivity contribution is 5.99. The molecule has 0 saturated carbocycles. The predicted octanol–water partition coefficient (Wildman–Crippen LogP) is 4.27. The number of aryl methyl sites for hydroxylation is 1. The number of aromatic nitrogens is 1. The summed E-state index contributed by atoms with van der Waals surface area (Å²) in [4.78, 5) is 29.0. The molecule has 0 saturated heterocycles. The van der Waals surface area contributed by atoms with Crippen molar-refractivity contribution in [1.29, 1.82) is 0 Å². The molecule has 0 aliphatic rings. The van der Waals surface area contributed by atoms with Crippen LogP contribution in [-0.4, -0.2) is 16.1 Å². The lowest BCUT2D eigenvalue weighted by Gasteiger charge is -2.08. The lowest BCUT2D eigenvalue weighted by Crippen LogP contribution is -2.09. The van der Waals surface area contributed by atoms with Crippen LogP contribution in [0.25, 0.3) is 33.3 Å². The molecule has 2 aromatic carbocycles. The third-order valence-corrected chi connectivity index (χ3v) is 4.40. The van der Waals surface area contributed by atoms with Crippen molar-refractivity contribution in [3.63, 3.8) is 0 Å². The maximum atomic E-state index is 13.0. The van der Waals surface area contributed by atoms with E-state index in [9.17, 15) is 14.7 Å². The fourth-order valence-corrected chi connectivity index (χ4v) is 3.02. The molecule has 0 aliphatic carbocycles. The third kappa shape index (κ3) is 2.54. The minimum Gasteiger partial charge on any atom is -0.478 e. The summed E-state index contributed by atoms with van der Waals surface area (Å²) >= 11 is 0. The quantitative estimate of drug-likeness (QED) is 0.561. The van der Waals surface area contributed by atoms with Crippen molar-refractivity contribution >= 4 is 28.0 Å². The molecule has 0 atom stereocenters. The van der Waals surface area contributed by atoms with Crippen molar-refractivity contribution < 1.29 is 14.3 Å². The van der Waals surface area contributed by atoms with E-state index in [-0.39, 0.29) is 27.8 Å². The van der Waals surface area contributed by atoms with Crippen LogP contribution in [0.1, 0.15) is 22.8 Å². The molecule has 4 aromatic rings. The molecule has 0 fully saturated rings. The normalized spacial score (nSPS) is 11.1. The van der Waals surface area contributed by atoms with Crippen LogP contribution in [0.4, 0.5) is 0 Å². The Hall–Kier alpha value is -3.47. The number of fused-ring (bicyclic) bond motifs is 2. The lowest BCUT2D eigenvalue weighted by atomic mass is 10.0. The van der Waals surface area contributed by atoms with Gasteiger partial charge in [-0.15, -0.1) is 0 Å². The molecule has 128 valence electrons. The van der Waals surface area contributed by atoms with Crippen molar-refractivity contribution in [2.75, 3.05) is 0 Å². The highest BCUT2D eigenvalue weighted by atomic mass is 16.4. The Morgan fingerprint density at radius 2 is 1.85 bits per heavy atom. The van der Waals surface area contributed by atoms with Gasteiger partial charge in [-0.1, -0.05) is 43.3 Å². The van der Waals surface area contributed by atoms with Crippen LogP contribution >= 0.6 is 0 Å². The molecule has 0 bridgehead atoms. The summed E-state index contributed by atoms with van der Waals surface area (Å²) in [6.07, 6.45) is 0.800. The van der Waals surface area contributed by atoms with E-state index in [1.165, 1.54) is 6.07 Å².